The first-order valence-corrected chi connectivity index (χ1v) is 11.6. The van der Waals surface area contributed by atoms with Crippen molar-refractivity contribution in [3.8, 4) is 0 Å². The Kier molecular flexibility index (Phi) is 7.07. The maximum absolute atomic E-state index is 13.1. The number of pyridine rings is 1. The molecule has 8 nitrogen and oxygen atoms in total. The number of ether oxygens (including phenoxy) is 1. The molecule has 2 amide bonds. The molecule has 0 spiro atoms. The molecule has 3 heterocycles. The van der Waals surface area contributed by atoms with Gasteiger partial charge in [0.15, 0.2) is 6.10 Å². The zero-order valence-electron chi connectivity index (χ0n) is 20.2. The third kappa shape index (κ3) is 4.72. The molecule has 1 aromatic carbocycles. The van der Waals surface area contributed by atoms with Crippen molar-refractivity contribution in [3.63, 3.8) is 0 Å². The lowest BCUT2D eigenvalue weighted by molar-refractivity contribution is -0.131. The second-order valence-corrected chi connectivity index (χ2v) is 8.54. The maximum Gasteiger partial charge on any atom is 0.272 e. The number of carbonyl (C=O) groups is 2. The molecule has 0 bridgehead atoms. The standard InChI is InChI=1S/C26H31N5O3/c1-5-20-13-23(30(3)29-20)26(33)31-12-11-21-19(16-31)14-27-17(2)22(21)15-28-25(32)24(34-4)18-9-7-6-8-10-18/h6-10,13-14,24H,5,11-12,15-16H2,1-4H3,(H,28,32). The van der Waals surface area contributed by atoms with Gasteiger partial charge < -0.3 is 15.0 Å². The number of hydrogen-bond acceptors (Lipinski definition) is 5. The second-order valence-electron chi connectivity index (χ2n) is 8.54. The van der Waals surface area contributed by atoms with Crippen LogP contribution in [-0.4, -0.2) is 45.1 Å². The van der Waals surface area contributed by atoms with Gasteiger partial charge in [0, 0.05) is 45.7 Å². The van der Waals surface area contributed by atoms with Gasteiger partial charge in [0.2, 0.25) is 0 Å². The van der Waals surface area contributed by atoms with E-state index in [-0.39, 0.29) is 11.8 Å². The summed E-state index contributed by atoms with van der Waals surface area (Å²) in [5, 5.41) is 7.43. The van der Waals surface area contributed by atoms with E-state index >= 15 is 0 Å². The van der Waals surface area contributed by atoms with Gasteiger partial charge in [0.05, 0.1) is 5.69 Å². The predicted molar refractivity (Wildman–Crippen MR) is 128 cm³/mol. The molecule has 178 valence electrons. The van der Waals surface area contributed by atoms with Crippen LogP contribution < -0.4 is 5.32 Å². The van der Waals surface area contributed by atoms with E-state index in [0.29, 0.717) is 31.7 Å². The number of nitrogens with zero attached hydrogens (tertiary/aromatic N) is 4. The van der Waals surface area contributed by atoms with E-state index in [1.54, 1.807) is 11.7 Å². The molecule has 8 heteroatoms. The fraction of sp³-hybridized carbons (Fsp3) is 0.385. The molecule has 1 N–H and O–H groups in total. The molecule has 0 saturated carbocycles. The van der Waals surface area contributed by atoms with Gasteiger partial charge in [0.1, 0.15) is 5.69 Å². The molecule has 1 atom stereocenters. The summed E-state index contributed by atoms with van der Waals surface area (Å²) in [6, 6.07) is 11.3. The molecule has 0 saturated heterocycles. The highest BCUT2D eigenvalue weighted by Crippen LogP contribution is 2.25. The third-order valence-corrected chi connectivity index (χ3v) is 6.41. The summed E-state index contributed by atoms with van der Waals surface area (Å²) in [5.74, 6) is -0.220. The molecule has 3 aromatic rings. The second kappa shape index (κ2) is 10.2. The Balaban J connectivity index is 1.49. The molecule has 1 aliphatic rings. The van der Waals surface area contributed by atoms with Crippen LogP contribution in [0.4, 0.5) is 0 Å². The molecule has 0 aliphatic carbocycles. The van der Waals surface area contributed by atoms with Gasteiger partial charge in [-0.1, -0.05) is 37.3 Å². The van der Waals surface area contributed by atoms with Gasteiger partial charge in [-0.05, 0) is 48.1 Å². The summed E-state index contributed by atoms with van der Waals surface area (Å²) in [5.41, 5.74) is 6.37. The lowest BCUT2D eigenvalue weighted by atomic mass is 9.94. The number of aryl methyl sites for hydroxylation is 3. The van der Waals surface area contributed by atoms with E-state index in [4.69, 9.17) is 4.74 Å². The fourth-order valence-electron chi connectivity index (χ4n) is 4.48. The highest BCUT2D eigenvalue weighted by Gasteiger charge is 2.27. The lowest BCUT2D eigenvalue weighted by Gasteiger charge is -2.30. The van der Waals surface area contributed by atoms with Crippen molar-refractivity contribution in [2.45, 2.75) is 45.9 Å². The predicted octanol–water partition coefficient (Wildman–Crippen LogP) is 2.89. The number of methoxy groups -OCH3 is 1. The van der Waals surface area contributed by atoms with E-state index in [2.05, 4.69) is 15.4 Å². The molecular formula is C26H31N5O3. The Morgan fingerprint density at radius 2 is 2.00 bits per heavy atom. The summed E-state index contributed by atoms with van der Waals surface area (Å²) in [4.78, 5) is 32.4. The van der Waals surface area contributed by atoms with Gasteiger partial charge in [-0.15, -0.1) is 0 Å². The fourth-order valence-corrected chi connectivity index (χ4v) is 4.48. The Bertz CT molecular complexity index is 1190. The number of aromatic nitrogens is 3. The van der Waals surface area contributed by atoms with Crippen LogP contribution in [0.5, 0.6) is 0 Å². The summed E-state index contributed by atoms with van der Waals surface area (Å²) < 4.78 is 7.11. The van der Waals surface area contributed by atoms with Gasteiger partial charge >= 0.3 is 0 Å². The number of carbonyl (C=O) groups excluding carboxylic acids is 2. The minimum Gasteiger partial charge on any atom is -0.367 e. The summed E-state index contributed by atoms with van der Waals surface area (Å²) in [7, 11) is 3.34. The zero-order chi connectivity index (χ0) is 24.2. The quantitative estimate of drug-likeness (QED) is 0.584. The van der Waals surface area contributed by atoms with Gasteiger partial charge in [-0.25, -0.2) is 0 Å². The number of fused-ring (bicyclic) bond motifs is 1. The third-order valence-electron chi connectivity index (χ3n) is 6.41. The molecule has 1 aliphatic heterocycles. The van der Waals surface area contributed by atoms with Crippen molar-refractivity contribution in [3.05, 3.63) is 81.9 Å². The van der Waals surface area contributed by atoms with Crippen LogP contribution in [0.1, 0.15) is 57.2 Å². The van der Waals surface area contributed by atoms with E-state index in [1.165, 1.54) is 7.11 Å². The van der Waals surface area contributed by atoms with Crippen molar-refractivity contribution in [2.24, 2.45) is 7.05 Å². The summed E-state index contributed by atoms with van der Waals surface area (Å²) >= 11 is 0. The smallest absolute Gasteiger partial charge is 0.272 e. The minimum atomic E-state index is -0.672. The zero-order valence-corrected chi connectivity index (χ0v) is 20.2. The van der Waals surface area contributed by atoms with Crippen molar-refractivity contribution in [1.29, 1.82) is 0 Å². The van der Waals surface area contributed by atoms with E-state index < -0.39 is 6.10 Å². The number of nitrogens with one attached hydrogen (secondary N) is 1. The van der Waals surface area contributed by atoms with Crippen LogP contribution in [0.3, 0.4) is 0 Å². The first-order chi connectivity index (χ1) is 16.4. The SMILES string of the molecule is CCc1cc(C(=O)N2CCc3c(cnc(C)c3CNC(=O)C(OC)c3ccccc3)C2)n(C)n1. The Morgan fingerprint density at radius 1 is 1.24 bits per heavy atom. The van der Waals surface area contributed by atoms with E-state index in [1.807, 2.05) is 61.3 Å². The Hall–Kier alpha value is -3.52. The van der Waals surface area contributed by atoms with Gasteiger partial charge in [-0.2, -0.15) is 5.10 Å². The van der Waals surface area contributed by atoms with Crippen LogP contribution in [-0.2, 0) is 42.5 Å². The highest BCUT2D eigenvalue weighted by molar-refractivity contribution is 5.93. The van der Waals surface area contributed by atoms with Crippen LogP contribution in [0, 0.1) is 6.92 Å². The van der Waals surface area contributed by atoms with E-state index in [9.17, 15) is 9.59 Å². The van der Waals surface area contributed by atoms with Crippen molar-refractivity contribution in [2.75, 3.05) is 13.7 Å². The maximum atomic E-state index is 13.1. The van der Waals surface area contributed by atoms with Crippen LogP contribution >= 0.6 is 0 Å². The van der Waals surface area contributed by atoms with Gasteiger partial charge in [0.25, 0.3) is 11.8 Å². The lowest BCUT2D eigenvalue weighted by Crippen LogP contribution is -2.38. The molecule has 0 fully saturated rings. The topological polar surface area (TPSA) is 89.4 Å². The van der Waals surface area contributed by atoms with Crippen molar-refractivity contribution in [1.82, 2.24) is 25.0 Å². The molecule has 2 aromatic heterocycles. The monoisotopic (exact) mass is 461 g/mol. The number of hydrogen-bond donors (Lipinski definition) is 1. The molecule has 1 unspecified atom stereocenters. The molecule has 4 rings (SSSR count). The van der Waals surface area contributed by atoms with Crippen LogP contribution in [0.15, 0.2) is 42.6 Å². The Labute approximate surface area is 199 Å². The highest BCUT2D eigenvalue weighted by atomic mass is 16.5. The van der Waals surface area contributed by atoms with Gasteiger partial charge in [-0.3, -0.25) is 19.3 Å². The first-order valence-electron chi connectivity index (χ1n) is 11.6. The first kappa shape index (κ1) is 23.6. The molecule has 34 heavy (non-hydrogen) atoms. The Morgan fingerprint density at radius 3 is 2.68 bits per heavy atom. The molecular weight excluding hydrogens is 430 g/mol. The number of rotatable bonds is 7. The average Bonchev–Trinajstić information content (AvgIpc) is 3.24. The average molecular weight is 462 g/mol. The molecule has 0 radical (unpaired) electrons. The van der Waals surface area contributed by atoms with Crippen molar-refractivity contribution < 1.29 is 14.3 Å². The van der Waals surface area contributed by atoms with E-state index in [0.717, 1.165) is 40.1 Å². The van der Waals surface area contributed by atoms with Crippen LogP contribution in [0.25, 0.3) is 0 Å². The number of benzene rings is 1. The number of amides is 2. The summed E-state index contributed by atoms with van der Waals surface area (Å²) in [6.45, 7) is 5.43. The van der Waals surface area contributed by atoms with Crippen LogP contribution in [0.2, 0.25) is 0 Å². The minimum absolute atomic E-state index is 0.0263. The normalized spacial score (nSPS) is 13.9. The summed E-state index contributed by atoms with van der Waals surface area (Å²) in [6.07, 6.45) is 2.67. The largest absolute Gasteiger partial charge is 0.367 e. The van der Waals surface area contributed by atoms with Crippen molar-refractivity contribution >= 4 is 11.8 Å².